The second-order valence-corrected chi connectivity index (χ2v) is 4.12. The van der Waals surface area contributed by atoms with E-state index < -0.39 is 0 Å². The van der Waals surface area contributed by atoms with Crippen molar-refractivity contribution in [1.29, 1.82) is 0 Å². The molecule has 1 N–H and O–H groups in total. The van der Waals surface area contributed by atoms with Gasteiger partial charge in [0.1, 0.15) is 0 Å². The van der Waals surface area contributed by atoms with Crippen molar-refractivity contribution in [2.24, 2.45) is 7.05 Å². The number of nitrogens with one attached hydrogen (secondary N) is 1. The Kier molecular flexibility index (Phi) is 5.40. The van der Waals surface area contributed by atoms with Crippen molar-refractivity contribution in [3.05, 3.63) is 17.5 Å². The summed E-state index contributed by atoms with van der Waals surface area (Å²) in [7, 11) is 1.99. The summed E-state index contributed by atoms with van der Waals surface area (Å²) in [6, 6.07) is 0. The van der Waals surface area contributed by atoms with E-state index in [1.165, 1.54) is 36.9 Å². The van der Waals surface area contributed by atoms with E-state index in [2.05, 4.69) is 24.3 Å². The zero-order valence-electron chi connectivity index (χ0n) is 10.2. The van der Waals surface area contributed by atoms with Crippen LogP contribution in [0.3, 0.4) is 0 Å². The minimum atomic E-state index is 0.950. The molecule has 3 nitrogen and oxygen atoms in total. The highest BCUT2D eigenvalue weighted by molar-refractivity contribution is 5.15. The molecule has 0 saturated carbocycles. The molecule has 0 atom stereocenters. The van der Waals surface area contributed by atoms with Crippen LogP contribution in [0.25, 0.3) is 0 Å². The van der Waals surface area contributed by atoms with E-state index >= 15 is 0 Å². The summed E-state index contributed by atoms with van der Waals surface area (Å²) in [6.45, 7) is 6.42. The van der Waals surface area contributed by atoms with Crippen molar-refractivity contribution >= 4 is 0 Å². The van der Waals surface area contributed by atoms with Crippen LogP contribution in [0.15, 0.2) is 6.20 Å². The van der Waals surface area contributed by atoms with Gasteiger partial charge in [-0.1, -0.05) is 26.2 Å². The minimum Gasteiger partial charge on any atom is -0.313 e. The fourth-order valence-corrected chi connectivity index (χ4v) is 1.62. The molecule has 0 amide bonds. The number of aryl methyl sites for hydroxylation is 1. The zero-order valence-corrected chi connectivity index (χ0v) is 10.2. The fraction of sp³-hybridized carbons (Fsp3) is 0.750. The van der Waals surface area contributed by atoms with Crippen LogP contribution in [0.5, 0.6) is 0 Å². The SMILES string of the molecule is CCCCCCNCc1cnn(C)c1C. The third-order valence-corrected chi connectivity index (χ3v) is 2.86. The normalized spacial score (nSPS) is 10.9. The van der Waals surface area contributed by atoms with E-state index in [1.807, 2.05) is 17.9 Å². The molecule has 0 spiro atoms. The molecule has 0 aliphatic carbocycles. The molecule has 1 aromatic heterocycles. The van der Waals surface area contributed by atoms with E-state index in [9.17, 15) is 0 Å². The quantitative estimate of drug-likeness (QED) is 0.699. The highest BCUT2D eigenvalue weighted by atomic mass is 15.3. The molecule has 0 bridgehead atoms. The summed E-state index contributed by atoms with van der Waals surface area (Å²) in [5.74, 6) is 0. The molecule has 0 unspecified atom stereocenters. The maximum Gasteiger partial charge on any atom is 0.0537 e. The Morgan fingerprint density at radius 3 is 2.73 bits per heavy atom. The second kappa shape index (κ2) is 6.62. The molecule has 1 heterocycles. The average Bonchev–Trinajstić information content (AvgIpc) is 2.54. The van der Waals surface area contributed by atoms with E-state index in [-0.39, 0.29) is 0 Å². The maximum absolute atomic E-state index is 4.22. The first-order chi connectivity index (χ1) is 7.25. The molecule has 0 saturated heterocycles. The van der Waals surface area contributed by atoms with Gasteiger partial charge in [-0.2, -0.15) is 5.10 Å². The van der Waals surface area contributed by atoms with Crippen LogP contribution in [0.1, 0.15) is 43.9 Å². The lowest BCUT2D eigenvalue weighted by atomic mass is 10.2. The minimum absolute atomic E-state index is 0.950. The Hall–Kier alpha value is -0.830. The molecular formula is C12H23N3. The lowest BCUT2D eigenvalue weighted by molar-refractivity contribution is 0.596. The Morgan fingerprint density at radius 2 is 2.13 bits per heavy atom. The van der Waals surface area contributed by atoms with Gasteiger partial charge in [0.05, 0.1) is 6.20 Å². The summed E-state index contributed by atoms with van der Waals surface area (Å²) >= 11 is 0. The number of hydrogen-bond donors (Lipinski definition) is 1. The number of hydrogen-bond acceptors (Lipinski definition) is 2. The van der Waals surface area contributed by atoms with Gasteiger partial charge in [0.2, 0.25) is 0 Å². The summed E-state index contributed by atoms with van der Waals surface area (Å²) in [6.07, 6.45) is 7.24. The number of unbranched alkanes of at least 4 members (excludes halogenated alkanes) is 3. The highest BCUT2D eigenvalue weighted by Gasteiger charge is 2.01. The standard InChI is InChI=1S/C12H23N3/c1-4-5-6-7-8-13-9-12-10-14-15(3)11(12)2/h10,13H,4-9H2,1-3H3. The predicted molar refractivity (Wildman–Crippen MR) is 63.8 cm³/mol. The van der Waals surface area contributed by atoms with E-state index in [0.717, 1.165) is 13.1 Å². The van der Waals surface area contributed by atoms with Gasteiger partial charge in [-0.3, -0.25) is 4.68 Å². The van der Waals surface area contributed by atoms with Gasteiger partial charge in [0.25, 0.3) is 0 Å². The lowest BCUT2D eigenvalue weighted by Crippen LogP contribution is -2.15. The van der Waals surface area contributed by atoms with E-state index in [0.29, 0.717) is 0 Å². The Morgan fingerprint density at radius 1 is 1.33 bits per heavy atom. The molecule has 0 aliphatic rings. The number of rotatable bonds is 7. The van der Waals surface area contributed by atoms with Crippen LogP contribution in [-0.2, 0) is 13.6 Å². The highest BCUT2D eigenvalue weighted by Crippen LogP contribution is 2.04. The monoisotopic (exact) mass is 209 g/mol. The molecule has 1 rings (SSSR count). The van der Waals surface area contributed by atoms with Crippen molar-refractivity contribution in [2.75, 3.05) is 6.54 Å². The van der Waals surface area contributed by atoms with Crippen molar-refractivity contribution < 1.29 is 0 Å². The topological polar surface area (TPSA) is 29.9 Å². The molecule has 0 aliphatic heterocycles. The molecule has 86 valence electrons. The molecule has 0 aromatic carbocycles. The first kappa shape index (κ1) is 12.2. The number of aromatic nitrogens is 2. The van der Waals surface area contributed by atoms with Crippen LogP contribution in [0, 0.1) is 6.92 Å². The molecule has 0 radical (unpaired) electrons. The summed E-state index contributed by atoms with van der Waals surface area (Å²) in [5, 5.41) is 7.68. The maximum atomic E-state index is 4.22. The van der Waals surface area contributed by atoms with Crippen LogP contribution in [0.4, 0.5) is 0 Å². The predicted octanol–water partition coefficient (Wildman–Crippen LogP) is 2.40. The smallest absolute Gasteiger partial charge is 0.0537 e. The van der Waals surface area contributed by atoms with Crippen molar-refractivity contribution in [3.8, 4) is 0 Å². The molecular weight excluding hydrogens is 186 g/mol. The lowest BCUT2D eigenvalue weighted by Gasteiger charge is -2.04. The van der Waals surface area contributed by atoms with Crippen LogP contribution in [-0.4, -0.2) is 16.3 Å². The third kappa shape index (κ3) is 4.04. The molecule has 0 fully saturated rings. The Balaban J connectivity index is 2.12. The summed E-state index contributed by atoms with van der Waals surface area (Å²) in [5.41, 5.74) is 2.57. The van der Waals surface area contributed by atoms with Gasteiger partial charge >= 0.3 is 0 Å². The van der Waals surface area contributed by atoms with Crippen LogP contribution in [0.2, 0.25) is 0 Å². The average molecular weight is 209 g/mol. The van der Waals surface area contributed by atoms with Crippen LogP contribution >= 0.6 is 0 Å². The number of nitrogens with zero attached hydrogens (tertiary/aromatic N) is 2. The van der Waals surface area contributed by atoms with Gasteiger partial charge in [-0.25, -0.2) is 0 Å². The summed E-state index contributed by atoms with van der Waals surface area (Å²) < 4.78 is 1.92. The van der Waals surface area contributed by atoms with Crippen molar-refractivity contribution in [1.82, 2.24) is 15.1 Å². The van der Waals surface area contributed by atoms with Crippen LogP contribution < -0.4 is 5.32 Å². The molecule has 1 aromatic rings. The van der Waals surface area contributed by atoms with Crippen molar-refractivity contribution in [3.63, 3.8) is 0 Å². The van der Waals surface area contributed by atoms with Gasteiger partial charge in [-0.05, 0) is 19.9 Å². The molecule has 3 heteroatoms. The van der Waals surface area contributed by atoms with Gasteiger partial charge in [0, 0.05) is 24.8 Å². The Labute approximate surface area is 92.9 Å². The fourth-order valence-electron chi connectivity index (χ4n) is 1.62. The zero-order chi connectivity index (χ0) is 11.1. The van der Waals surface area contributed by atoms with Crippen molar-refractivity contribution in [2.45, 2.75) is 46.1 Å². The second-order valence-electron chi connectivity index (χ2n) is 4.12. The van der Waals surface area contributed by atoms with E-state index in [1.54, 1.807) is 0 Å². The molecule has 15 heavy (non-hydrogen) atoms. The largest absolute Gasteiger partial charge is 0.313 e. The summed E-state index contributed by atoms with van der Waals surface area (Å²) in [4.78, 5) is 0. The first-order valence-electron chi connectivity index (χ1n) is 5.94. The van der Waals surface area contributed by atoms with Gasteiger partial charge in [-0.15, -0.1) is 0 Å². The van der Waals surface area contributed by atoms with Gasteiger partial charge in [0.15, 0.2) is 0 Å². The van der Waals surface area contributed by atoms with E-state index in [4.69, 9.17) is 0 Å². The Bertz CT molecular complexity index is 278. The third-order valence-electron chi connectivity index (χ3n) is 2.86. The first-order valence-corrected chi connectivity index (χ1v) is 5.94. The van der Waals surface area contributed by atoms with Gasteiger partial charge < -0.3 is 5.32 Å².